The van der Waals surface area contributed by atoms with Crippen LogP contribution in [0, 0.1) is 11.6 Å². The molecular formula is C21H21F3N6O. The average Bonchev–Trinajstić information content (AvgIpc) is 3.47. The molecule has 4 heterocycles. The lowest BCUT2D eigenvalue weighted by atomic mass is 10.1. The minimum absolute atomic E-state index is 0.120. The van der Waals surface area contributed by atoms with Gasteiger partial charge in [0.2, 0.25) is 0 Å². The number of carbonyl (C=O) groups is 1. The molecular weight excluding hydrogens is 409 g/mol. The first-order valence-corrected chi connectivity index (χ1v) is 10.3. The molecule has 5 rings (SSSR count). The summed E-state index contributed by atoms with van der Waals surface area (Å²) >= 11 is 0. The largest absolute Gasteiger partial charge is 0.361 e. The Morgan fingerprint density at radius 2 is 2.03 bits per heavy atom. The number of aromatic nitrogens is 3. The summed E-state index contributed by atoms with van der Waals surface area (Å²) in [5, 5.41) is 8.70. The molecule has 3 N–H and O–H groups in total. The molecule has 2 aliphatic rings. The van der Waals surface area contributed by atoms with E-state index in [1.54, 1.807) is 22.7 Å². The molecule has 3 aromatic heterocycles. The quantitative estimate of drug-likeness (QED) is 0.580. The molecule has 0 radical (unpaired) electrons. The molecule has 7 nitrogen and oxygen atoms in total. The number of fused-ring (bicyclic) bond motifs is 1. The summed E-state index contributed by atoms with van der Waals surface area (Å²) in [7, 11) is 0. The Labute approximate surface area is 176 Å². The highest BCUT2D eigenvalue weighted by Crippen LogP contribution is 2.27. The number of halogens is 3. The normalized spacial score (nSPS) is 21.3. The van der Waals surface area contributed by atoms with Crippen LogP contribution in [0.2, 0.25) is 0 Å². The van der Waals surface area contributed by atoms with Crippen molar-refractivity contribution in [3.8, 4) is 11.4 Å². The molecule has 1 aliphatic carbocycles. The van der Waals surface area contributed by atoms with Crippen LogP contribution in [0.5, 0.6) is 0 Å². The van der Waals surface area contributed by atoms with Crippen LogP contribution in [0.4, 0.5) is 19.0 Å². The number of hydrogen-bond acceptors (Lipinski definition) is 5. The molecule has 1 aliphatic heterocycles. The Balaban J connectivity index is 1.46. The van der Waals surface area contributed by atoms with Crippen molar-refractivity contribution in [1.82, 2.24) is 25.0 Å². The van der Waals surface area contributed by atoms with Crippen LogP contribution in [0.3, 0.4) is 0 Å². The lowest BCUT2D eigenvalue weighted by molar-refractivity contribution is 0.0951. The Morgan fingerprint density at radius 3 is 2.81 bits per heavy atom. The van der Waals surface area contributed by atoms with Gasteiger partial charge in [-0.25, -0.2) is 23.1 Å². The SMILES string of the molecule is O=C(NC1CC1)c1ccn2c(-c3nc(N[C@H]4CNCC[C@@H]4F)c(F)cc3F)cnc2c1. The number of rotatable bonds is 5. The highest BCUT2D eigenvalue weighted by atomic mass is 19.1. The maximum atomic E-state index is 14.6. The van der Waals surface area contributed by atoms with Crippen molar-refractivity contribution in [2.24, 2.45) is 0 Å². The van der Waals surface area contributed by atoms with Crippen LogP contribution in [0.1, 0.15) is 29.6 Å². The summed E-state index contributed by atoms with van der Waals surface area (Å²) in [6.07, 6.45) is 4.11. The van der Waals surface area contributed by atoms with Crippen LogP contribution in [0.25, 0.3) is 17.0 Å². The molecule has 1 saturated carbocycles. The summed E-state index contributed by atoms with van der Waals surface area (Å²) < 4.78 is 44.7. The zero-order chi connectivity index (χ0) is 21.5. The number of amides is 1. The van der Waals surface area contributed by atoms with Gasteiger partial charge in [0.05, 0.1) is 17.9 Å². The second kappa shape index (κ2) is 7.84. The highest BCUT2D eigenvalue weighted by molar-refractivity contribution is 5.95. The lowest BCUT2D eigenvalue weighted by Crippen LogP contribution is -2.46. The zero-order valence-corrected chi connectivity index (χ0v) is 16.5. The standard InChI is InChI=1S/C21H21F3N6O/c22-13-3-5-25-9-16(13)28-20-15(24)8-14(23)19(29-20)17-10-26-18-7-11(4-6-30(17)18)21(31)27-12-1-2-12/h4,6-8,10,12-13,16,25H,1-3,5,9H2,(H,27,31)(H,28,29)/t13-,16-/m0/s1. The second-order valence-corrected chi connectivity index (χ2v) is 7.94. The van der Waals surface area contributed by atoms with Gasteiger partial charge < -0.3 is 16.0 Å². The third-order valence-electron chi connectivity index (χ3n) is 5.58. The topological polar surface area (TPSA) is 83.4 Å². The van der Waals surface area contributed by atoms with Gasteiger partial charge in [0, 0.05) is 30.4 Å². The number of hydrogen-bond donors (Lipinski definition) is 3. The van der Waals surface area contributed by atoms with E-state index in [1.807, 2.05) is 0 Å². The van der Waals surface area contributed by atoms with E-state index in [1.165, 1.54) is 6.20 Å². The van der Waals surface area contributed by atoms with Gasteiger partial charge in [0.1, 0.15) is 17.5 Å². The first-order valence-electron chi connectivity index (χ1n) is 10.3. The average molecular weight is 430 g/mol. The van der Waals surface area contributed by atoms with Crippen molar-refractivity contribution in [3.63, 3.8) is 0 Å². The number of pyridine rings is 2. The first-order chi connectivity index (χ1) is 15.0. The minimum Gasteiger partial charge on any atom is -0.361 e. The number of nitrogens with zero attached hydrogens (tertiary/aromatic N) is 3. The minimum atomic E-state index is -1.16. The van der Waals surface area contributed by atoms with E-state index in [0.29, 0.717) is 36.4 Å². The van der Waals surface area contributed by atoms with E-state index in [0.717, 1.165) is 18.9 Å². The lowest BCUT2D eigenvalue weighted by Gasteiger charge is -2.28. The molecule has 0 bridgehead atoms. The summed E-state index contributed by atoms with van der Waals surface area (Å²) in [6.45, 7) is 0.864. The Kier molecular flexibility index (Phi) is 5.01. The van der Waals surface area contributed by atoms with Crippen molar-refractivity contribution in [2.75, 3.05) is 18.4 Å². The number of carbonyl (C=O) groups excluding carboxylic acids is 1. The molecule has 0 aromatic carbocycles. The predicted molar refractivity (Wildman–Crippen MR) is 109 cm³/mol. The number of nitrogens with one attached hydrogen (secondary N) is 3. The molecule has 162 valence electrons. The predicted octanol–water partition coefficient (Wildman–Crippen LogP) is 2.68. The van der Waals surface area contributed by atoms with Gasteiger partial charge in [0.15, 0.2) is 17.5 Å². The van der Waals surface area contributed by atoms with Crippen LogP contribution in [-0.4, -0.2) is 51.6 Å². The maximum absolute atomic E-state index is 14.6. The third-order valence-corrected chi connectivity index (χ3v) is 5.58. The summed E-state index contributed by atoms with van der Waals surface area (Å²) in [5.74, 6) is -2.16. The van der Waals surface area contributed by atoms with Crippen molar-refractivity contribution < 1.29 is 18.0 Å². The molecule has 1 amide bonds. The highest BCUT2D eigenvalue weighted by Gasteiger charge is 2.27. The second-order valence-electron chi connectivity index (χ2n) is 7.94. The Morgan fingerprint density at radius 1 is 1.19 bits per heavy atom. The number of anilines is 1. The molecule has 3 aromatic rings. The van der Waals surface area contributed by atoms with E-state index < -0.39 is 23.8 Å². The molecule has 10 heteroatoms. The van der Waals surface area contributed by atoms with Gasteiger partial charge in [-0.1, -0.05) is 0 Å². The molecule has 0 spiro atoms. The van der Waals surface area contributed by atoms with E-state index >= 15 is 0 Å². The van der Waals surface area contributed by atoms with Crippen LogP contribution in [0.15, 0.2) is 30.6 Å². The van der Waals surface area contributed by atoms with E-state index in [9.17, 15) is 18.0 Å². The Bertz CT molecular complexity index is 1150. The van der Waals surface area contributed by atoms with Crippen LogP contribution >= 0.6 is 0 Å². The fourth-order valence-electron chi connectivity index (χ4n) is 3.68. The number of piperidine rings is 1. The van der Waals surface area contributed by atoms with Crippen molar-refractivity contribution >= 4 is 17.4 Å². The molecule has 31 heavy (non-hydrogen) atoms. The van der Waals surface area contributed by atoms with Crippen LogP contribution < -0.4 is 16.0 Å². The van der Waals surface area contributed by atoms with Crippen LogP contribution in [-0.2, 0) is 0 Å². The van der Waals surface area contributed by atoms with Gasteiger partial charge in [-0.05, 0) is 37.9 Å². The van der Waals surface area contributed by atoms with Crippen molar-refractivity contribution in [1.29, 1.82) is 0 Å². The maximum Gasteiger partial charge on any atom is 0.251 e. The molecule has 1 saturated heterocycles. The number of alkyl halides is 1. The summed E-state index contributed by atoms with van der Waals surface area (Å²) in [4.78, 5) is 20.6. The first kappa shape index (κ1) is 19.8. The van der Waals surface area contributed by atoms with Crippen molar-refractivity contribution in [3.05, 3.63) is 47.8 Å². The van der Waals surface area contributed by atoms with Crippen molar-refractivity contribution in [2.45, 2.75) is 37.5 Å². The summed E-state index contributed by atoms with van der Waals surface area (Å²) in [5.41, 5.74) is 1.05. The molecule has 0 unspecified atom stereocenters. The monoisotopic (exact) mass is 430 g/mol. The van der Waals surface area contributed by atoms with Gasteiger partial charge >= 0.3 is 0 Å². The van der Waals surface area contributed by atoms with E-state index in [2.05, 4.69) is 25.9 Å². The third kappa shape index (κ3) is 3.95. The molecule has 2 atom stereocenters. The van der Waals surface area contributed by atoms with E-state index in [4.69, 9.17) is 0 Å². The van der Waals surface area contributed by atoms with E-state index in [-0.39, 0.29) is 23.5 Å². The van der Waals surface area contributed by atoms with Gasteiger partial charge in [0.25, 0.3) is 5.91 Å². The fraction of sp³-hybridized carbons (Fsp3) is 0.381. The fourth-order valence-corrected chi connectivity index (χ4v) is 3.68. The smallest absolute Gasteiger partial charge is 0.251 e. The molecule has 2 fully saturated rings. The summed E-state index contributed by atoms with van der Waals surface area (Å²) in [6, 6.07) is 3.50. The van der Waals surface area contributed by atoms with Gasteiger partial charge in [-0.2, -0.15) is 0 Å². The zero-order valence-electron chi connectivity index (χ0n) is 16.5. The van der Waals surface area contributed by atoms with Gasteiger partial charge in [-0.3, -0.25) is 9.20 Å². The Hall–Kier alpha value is -3.14. The number of imidazole rings is 1. The van der Waals surface area contributed by atoms with Gasteiger partial charge in [-0.15, -0.1) is 0 Å².